The number of nitrogens with zero attached hydrogens (tertiary/aromatic N) is 2. The second kappa shape index (κ2) is 5.76. The summed E-state index contributed by atoms with van der Waals surface area (Å²) in [5.74, 6) is -0.257. The SMILES string of the molecule is CC1(O)NC(S)=C(C#N)C(c2ccsc2)C1[n+]1ccccc1. The van der Waals surface area contributed by atoms with Crippen LogP contribution in [0, 0.1) is 11.3 Å². The fraction of sp³-hybridized carbons (Fsp3) is 0.250. The molecule has 0 spiro atoms. The van der Waals surface area contributed by atoms with Gasteiger partial charge in [-0.2, -0.15) is 21.2 Å². The molecule has 1 aliphatic rings. The van der Waals surface area contributed by atoms with Crippen molar-refractivity contribution in [2.75, 3.05) is 0 Å². The van der Waals surface area contributed by atoms with E-state index < -0.39 is 5.72 Å². The molecule has 2 N–H and O–H groups in total. The summed E-state index contributed by atoms with van der Waals surface area (Å²) < 4.78 is 1.94. The topological polar surface area (TPSA) is 59.9 Å². The van der Waals surface area contributed by atoms with Crippen molar-refractivity contribution in [2.24, 2.45) is 0 Å². The first kappa shape index (κ1) is 15.1. The van der Waals surface area contributed by atoms with Crippen molar-refractivity contribution >= 4 is 24.0 Å². The van der Waals surface area contributed by atoms with Crippen LogP contribution in [0.2, 0.25) is 0 Å². The van der Waals surface area contributed by atoms with Crippen LogP contribution in [0.5, 0.6) is 0 Å². The normalized spacial score (nSPS) is 28.1. The van der Waals surface area contributed by atoms with Crippen LogP contribution in [-0.4, -0.2) is 10.8 Å². The summed E-state index contributed by atoms with van der Waals surface area (Å²) >= 11 is 5.95. The molecule has 4 nitrogen and oxygen atoms in total. The summed E-state index contributed by atoms with van der Waals surface area (Å²) in [7, 11) is 0. The van der Waals surface area contributed by atoms with Crippen molar-refractivity contribution in [3.63, 3.8) is 0 Å². The summed E-state index contributed by atoms with van der Waals surface area (Å²) in [4.78, 5) is 0. The Morgan fingerprint density at radius 3 is 2.73 bits per heavy atom. The smallest absolute Gasteiger partial charge is 0.216 e. The average Bonchev–Trinajstić information content (AvgIpc) is 3.00. The zero-order valence-corrected chi connectivity index (χ0v) is 13.7. The maximum atomic E-state index is 10.9. The molecule has 0 aliphatic carbocycles. The molecule has 2 aromatic rings. The van der Waals surface area contributed by atoms with E-state index in [-0.39, 0.29) is 12.0 Å². The van der Waals surface area contributed by atoms with Crippen LogP contribution in [0.3, 0.4) is 0 Å². The molecule has 3 heterocycles. The van der Waals surface area contributed by atoms with E-state index in [1.807, 2.05) is 52.0 Å². The first-order chi connectivity index (χ1) is 10.5. The summed E-state index contributed by atoms with van der Waals surface area (Å²) in [5, 5.41) is 27.9. The third-order valence-electron chi connectivity index (χ3n) is 3.91. The lowest BCUT2D eigenvalue weighted by Gasteiger charge is -2.39. The maximum Gasteiger partial charge on any atom is 0.216 e. The van der Waals surface area contributed by atoms with Gasteiger partial charge in [-0.15, -0.1) is 12.6 Å². The van der Waals surface area contributed by atoms with Gasteiger partial charge in [-0.3, -0.25) is 0 Å². The van der Waals surface area contributed by atoms with E-state index in [9.17, 15) is 10.4 Å². The molecule has 3 atom stereocenters. The van der Waals surface area contributed by atoms with Gasteiger partial charge in [0.1, 0.15) is 0 Å². The van der Waals surface area contributed by atoms with Gasteiger partial charge in [0.05, 0.1) is 22.6 Å². The first-order valence-corrected chi connectivity index (χ1v) is 8.25. The molecule has 0 aromatic carbocycles. The summed E-state index contributed by atoms with van der Waals surface area (Å²) in [6, 6.07) is 9.63. The highest BCUT2D eigenvalue weighted by atomic mass is 32.1. The molecule has 0 radical (unpaired) electrons. The fourth-order valence-corrected chi connectivity index (χ4v) is 4.11. The Kier molecular flexibility index (Phi) is 3.96. The number of thiol groups is 1. The molecule has 0 fully saturated rings. The van der Waals surface area contributed by atoms with Gasteiger partial charge >= 0.3 is 0 Å². The van der Waals surface area contributed by atoms with E-state index >= 15 is 0 Å². The molecule has 3 rings (SSSR count). The van der Waals surface area contributed by atoms with E-state index in [0.717, 1.165) is 5.56 Å². The van der Waals surface area contributed by atoms with Gasteiger partial charge in [0.25, 0.3) is 0 Å². The summed E-state index contributed by atoms with van der Waals surface area (Å²) in [6.07, 6.45) is 3.80. The molecule has 22 heavy (non-hydrogen) atoms. The molecular weight excluding hydrogens is 314 g/mol. The quantitative estimate of drug-likeness (QED) is 0.585. The number of aliphatic hydroxyl groups is 1. The van der Waals surface area contributed by atoms with Crippen molar-refractivity contribution in [1.29, 1.82) is 5.26 Å². The number of nitrogens with one attached hydrogen (secondary N) is 1. The number of thiophene rings is 1. The number of aromatic nitrogens is 1. The Hall–Kier alpha value is -1.81. The Morgan fingerprint density at radius 2 is 2.14 bits per heavy atom. The van der Waals surface area contributed by atoms with E-state index in [2.05, 4.69) is 24.0 Å². The van der Waals surface area contributed by atoms with Crippen molar-refractivity contribution in [2.45, 2.75) is 24.6 Å². The average molecular weight is 330 g/mol. The molecule has 1 aliphatic heterocycles. The highest BCUT2D eigenvalue weighted by Crippen LogP contribution is 2.43. The predicted octanol–water partition coefficient (Wildman–Crippen LogP) is 2.34. The van der Waals surface area contributed by atoms with Crippen LogP contribution in [0.4, 0.5) is 0 Å². The van der Waals surface area contributed by atoms with Crippen LogP contribution >= 0.6 is 24.0 Å². The standard InChI is InChI=1S/C16H15N3OS2/c1-16(20)14(19-6-3-2-4-7-19)13(11-5-8-22-10-11)12(9-17)15(21)18-16/h2-8,10,13-14,18,20H,1H3/p+1. The minimum atomic E-state index is -1.23. The van der Waals surface area contributed by atoms with Crippen LogP contribution in [-0.2, 0) is 0 Å². The van der Waals surface area contributed by atoms with E-state index in [1.54, 1.807) is 18.3 Å². The molecule has 6 heteroatoms. The lowest BCUT2D eigenvalue weighted by atomic mass is 9.79. The fourth-order valence-electron chi connectivity index (χ4n) is 2.99. The van der Waals surface area contributed by atoms with Crippen LogP contribution in [0.15, 0.2) is 58.0 Å². The number of allylic oxidation sites excluding steroid dienone is 1. The van der Waals surface area contributed by atoms with E-state index in [4.69, 9.17) is 0 Å². The lowest BCUT2D eigenvalue weighted by Crippen LogP contribution is -2.62. The van der Waals surface area contributed by atoms with Crippen molar-refractivity contribution in [3.05, 3.63) is 63.6 Å². The summed E-state index contributed by atoms with van der Waals surface area (Å²) in [6.45, 7) is 1.71. The van der Waals surface area contributed by atoms with Gasteiger partial charge < -0.3 is 10.4 Å². The van der Waals surface area contributed by atoms with Gasteiger partial charge in [-0.1, -0.05) is 6.07 Å². The monoisotopic (exact) mass is 330 g/mol. The highest BCUT2D eigenvalue weighted by Gasteiger charge is 2.51. The molecule has 3 unspecified atom stereocenters. The van der Waals surface area contributed by atoms with Gasteiger partial charge in [-0.05, 0) is 29.3 Å². The maximum absolute atomic E-state index is 10.9. The largest absolute Gasteiger partial charge is 0.366 e. The van der Waals surface area contributed by atoms with Gasteiger partial charge in [0, 0.05) is 12.1 Å². The second-order valence-corrected chi connectivity index (χ2v) is 6.68. The first-order valence-electron chi connectivity index (χ1n) is 6.86. The molecule has 2 aromatic heterocycles. The van der Waals surface area contributed by atoms with Gasteiger partial charge in [0.15, 0.2) is 18.1 Å². The highest BCUT2D eigenvalue weighted by molar-refractivity contribution is 7.84. The number of pyridine rings is 1. The zero-order valence-electron chi connectivity index (χ0n) is 12.0. The molecule has 0 amide bonds. The molecule has 0 saturated heterocycles. The van der Waals surface area contributed by atoms with Gasteiger partial charge in [0.2, 0.25) is 6.04 Å². The molecule has 0 bridgehead atoms. The molecular formula is C16H16N3OS2+. The van der Waals surface area contributed by atoms with Gasteiger partial charge in [-0.25, -0.2) is 0 Å². The van der Waals surface area contributed by atoms with Crippen LogP contribution < -0.4 is 9.88 Å². The van der Waals surface area contributed by atoms with E-state index in [1.165, 1.54) is 0 Å². The van der Waals surface area contributed by atoms with Crippen molar-refractivity contribution < 1.29 is 9.67 Å². The minimum Gasteiger partial charge on any atom is -0.366 e. The molecule has 112 valence electrons. The Morgan fingerprint density at radius 1 is 1.41 bits per heavy atom. The van der Waals surface area contributed by atoms with Crippen molar-refractivity contribution in [3.8, 4) is 6.07 Å². The number of rotatable bonds is 2. The minimum absolute atomic E-state index is 0.257. The predicted molar refractivity (Wildman–Crippen MR) is 88.1 cm³/mol. The Labute approximate surface area is 138 Å². The third kappa shape index (κ3) is 2.52. The summed E-state index contributed by atoms with van der Waals surface area (Å²) in [5.41, 5.74) is 0.321. The lowest BCUT2D eigenvalue weighted by molar-refractivity contribution is -0.741. The van der Waals surface area contributed by atoms with Crippen LogP contribution in [0.1, 0.15) is 24.4 Å². The number of nitriles is 1. The second-order valence-electron chi connectivity index (χ2n) is 5.45. The zero-order chi connectivity index (χ0) is 15.7. The Balaban J connectivity index is 2.21. The van der Waals surface area contributed by atoms with Crippen LogP contribution in [0.25, 0.3) is 0 Å². The van der Waals surface area contributed by atoms with E-state index in [0.29, 0.717) is 10.6 Å². The third-order valence-corrected chi connectivity index (χ3v) is 4.97. The number of hydrogen-bond donors (Lipinski definition) is 3. The number of hydrogen-bond acceptors (Lipinski definition) is 5. The van der Waals surface area contributed by atoms with Crippen molar-refractivity contribution in [1.82, 2.24) is 5.32 Å². The molecule has 0 saturated carbocycles. The Bertz CT molecular complexity index is 733.